The van der Waals surface area contributed by atoms with Crippen LogP contribution < -0.4 is 5.56 Å². The molecule has 0 amide bonds. The number of rotatable bonds is 0. The van der Waals surface area contributed by atoms with Gasteiger partial charge >= 0.3 is 0 Å². The molecule has 108 valence electrons. The summed E-state index contributed by atoms with van der Waals surface area (Å²) in [6, 6.07) is 12.4. The predicted molar refractivity (Wildman–Crippen MR) is 83.9 cm³/mol. The number of fused-ring (bicyclic) bond motifs is 5. The Morgan fingerprint density at radius 3 is 3.00 bits per heavy atom. The lowest BCUT2D eigenvalue weighted by Crippen LogP contribution is -2.28. The van der Waals surface area contributed by atoms with E-state index in [1.807, 2.05) is 22.8 Å². The van der Waals surface area contributed by atoms with Gasteiger partial charge in [0.05, 0.1) is 36.7 Å². The highest BCUT2D eigenvalue weighted by molar-refractivity contribution is 5.83. The molecule has 2 aromatic heterocycles. The minimum Gasteiger partial charge on any atom is -0.376 e. The monoisotopic (exact) mass is 290 g/mol. The van der Waals surface area contributed by atoms with E-state index >= 15 is 0 Å². The summed E-state index contributed by atoms with van der Waals surface area (Å²) in [5, 5.41) is 1.12. The van der Waals surface area contributed by atoms with Crippen molar-refractivity contribution in [2.45, 2.75) is 19.6 Å². The fraction of sp³-hybridized carbons (Fsp3) is 0.222. The van der Waals surface area contributed by atoms with E-state index in [2.05, 4.69) is 18.2 Å². The number of hydrogen-bond acceptors (Lipinski definition) is 3. The second-order valence-electron chi connectivity index (χ2n) is 5.92. The molecule has 2 aliphatic heterocycles. The van der Waals surface area contributed by atoms with E-state index in [9.17, 15) is 4.79 Å². The summed E-state index contributed by atoms with van der Waals surface area (Å²) in [6.45, 7) is 1.72. The van der Waals surface area contributed by atoms with Crippen LogP contribution in [0.2, 0.25) is 0 Å². The van der Waals surface area contributed by atoms with Crippen molar-refractivity contribution in [3.8, 4) is 11.4 Å². The SMILES string of the molecule is O=c1c2c(cc3n1Cc1cc4ccccc4nc1-3)CCOC2. The van der Waals surface area contributed by atoms with Gasteiger partial charge in [-0.15, -0.1) is 0 Å². The van der Waals surface area contributed by atoms with Crippen molar-refractivity contribution in [3.63, 3.8) is 0 Å². The zero-order valence-electron chi connectivity index (χ0n) is 12.0. The maximum Gasteiger partial charge on any atom is 0.257 e. The van der Waals surface area contributed by atoms with E-state index in [1.165, 1.54) is 0 Å². The molecule has 0 bridgehead atoms. The van der Waals surface area contributed by atoms with Gasteiger partial charge in [-0.1, -0.05) is 18.2 Å². The van der Waals surface area contributed by atoms with Crippen LogP contribution in [0.1, 0.15) is 16.7 Å². The predicted octanol–water partition coefficient (Wildman–Crippen LogP) is 2.50. The van der Waals surface area contributed by atoms with Crippen molar-refractivity contribution in [1.29, 1.82) is 0 Å². The van der Waals surface area contributed by atoms with Crippen LogP contribution in [0.3, 0.4) is 0 Å². The first-order chi connectivity index (χ1) is 10.8. The van der Waals surface area contributed by atoms with Crippen molar-refractivity contribution in [3.05, 3.63) is 63.4 Å². The van der Waals surface area contributed by atoms with Gasteiger partial charge in [0.2, 0.25) is 0 Å². The summed E-state index contributed by atoms with van der Waals surface area (Å²) in [5.74, 6) is 0. The average molecular weight is 290 g/mol. The summed E-state index contributed by atoms with van der Waals surface area (Å²) in [6.07, 6.45) is 0.807. The highest BCUT2D eigenvalue weighted by Crippen LogP contribution is 2.33. The van der Waals surface area contributed by atoms with Crippen LogP contribution >= 0.6 is 0 Å². The second kappa shape index (κ2) is 4.27. The molecule has 1 aromatic carbocycles. The molecule has 0 spiro atoms. The van der Waals surface area contributed by atoms with Gasteiger partial charge in [0.1, 0.15) is 0 Å². The Morgan fingerprint density at radius 1 is 1.14 bits per heavy atom. The molecule has 0 atom stereocenters. The molecule has 0 radical (unpaired) electrons. The summed E-state index contributed by atoms with van der Waals surface area (Å²) < 4.78 is 7.29. The topological polar surface area (TPSA) is 44.1 Å². The van der Waals surface area contributed by atoms with E-state index in [0.29, 0.717) is 19.8 Å². The Labute approximate surface area is 127 Å². The first kappa shape index (κ1) is 12.1. The van der Waals surface area contributed by atoms with Crippen molar-refractivity contribution >= 4 is 10.9 Å². The lowest BCUT2D eigenvalue weighted by atomic mass is 10.0. The summed E-state index contributed by atoms with van der Waals surface area (Å²) in [7, 11) is 0. The minimum absolute atomic E-state index is 0.0780. The number of aromatic nitrogens is 2. The zero-order chi connectivity index (χ0) is 14.7. The molecular formula is C18H14N2O2. The fourth-order valence-electron chi connectivity index (χ4n) is 3.50. The summed E-state index contributed by atoms with van der Waals surface area (Å²) in [4.78, 5) is 17.5. The largest absolute Gasteiger partial charge is 0.376 e. The maximum absolute atomic E-state index is 12.7. The number of nitrogens with zero attached hydrogens (tertiary/aromatic N) is 2. The van der Waals surface area contributed by atoms with Crippen molar-refractivity contribution < 1.29 is 4.74 Å². The molecule has 0 saturated carbocycles. The molecule has 0 N–H and O–H groups in total. The molecule has 2 aliphatic rings. The van der Waals surface area contributed by atoms with Crippen LogP contribution in [0.15, 0.2) is 41.2 Å². The maximum atomic E-state index is 12.7. The molecule has 0 unspecified atom stereocenters. The summed E-state index contributed by atoms with van der Waals surface area (Å²) in [5.41, 5.74) is 6.01. The number of benzene rings is 1. The molecule has 3 aromatic rings. The lowest BCUT2D eigenvalue weighted by molar-refractivity contribution is 0.109. The molecule has 5 rings (SSSR count). The van der Waals surface area contributed by atoms with Gasteiger partial charge in [-0.25, -0.2) is 4.98 Å². The smallest absolute Gasteiger partial charge is 0.257 e. The van der Waals surface area contributed by atoms with E-state index in [-0.39, 0.29) is 5.56 Å². The molecule has 4 heteroatoms. The highest BCUT2D eigenvalue weighted by Gasteiger charge is 2.26. The van der Waals surface area contributed by atoms with Gasteiger partial charge < -0.3 is 9.30 Å². The first-order valence-electron chi connectivity index (χ1n) is 7.53. The van der Waals surface area contributed by atoms with Crippen LogP contribution in [-0.4, -0.2) is 16.2 Å². The van der Waals surface area contributed by atoms with Gasteiger partial charge in [-0.05, 0) is 30.2 Å². The molecule has 22 heavy (non-hydrogen) atoms. The van der Waals surface area contributed by atoms with E-state index < -0.39 is 0 Å². The molecule has 4 heterocycles. The zero-order valence-corrected chi connectivity index (χ0v) is 12.0. The van der Waals surface area contributed by atoms with Crippen LogP contribution in [0.5, 0.6) is 0 Å². The Morgan fingerprint density at radius 2 is 2.05 bits per heavy atom. The average Bonchev–Trinajstić information content (AvgIpc) is 2.91. The van der Waals surface area contributed by atoms with Crippen molar-refractivity contribution in [1.82, 2.24) is 9.55 Å². The van der Waals surface area contributed by atoms with E-state index in [1.54, 1.807) is 0 Å². The molecule has 0 fully saturated rings. The Bertz CT molecular complexity index is 988. The van der Waals surface area contributed by atoms with Crippen LogP contribution in [0.25, 0.3) is 22.3 Å². The van der Waals surface area contributed by atoms with E-state index in [4.69, 9.17) is 9.72 Å². The lowest BCUT2D eigenvalue weighted by Gasteiger charge is -2.17. The van der Waals surface area contributed by atoms with Gasteiger partial charge in [0, 0.05) is 16.5 Å². The third kappa shape index (κ3) is 1.56. The van der Waals surface area contributed by atoms with Gasteiger partial charge in [0.25, 0.3) is 5.56 Å². The summed E-state index contributed by atoms with van der Waals surface area (Å²) >= 11 is 0. The molecule has 4 nitrogen and oxygen atoms in total. The first-order valence-corrected chi connectivity index (χ1v) is 7.53. The highest BCUT2D eigenvalue weighted by atomic mass is 16.5. The van der Waals surface area contributed by atoms with Gasteiger partial charge in [-0.2, -0.15) is 0 Å². The fourth-order valence-corrected chi connectivity index (χ4v) is 3.50. The third-order valence-electron chi connectivity index (χ3n) is 4.63. The quantitative estimate of drug-likeness (QED) is 0.500. The Balaban J connectivity index is 1.81. The standard InChI is InChI=1S/C18H14N2O2/c21-18-14-10-22-6-5-11(14)8-16-17-13(9-20(16)18)7-12-3-1-2-4-15(12)19-17/h1-4,7-8H,5-6,9-10H2. The molecule has 0 saturated heterocycles. The number of ether oxygens (including phenoxy) is 1. The van der Waals surface area contributed by atoms with Crippen LogP contribution in [-0.2, 0) is 24.3 Å². The third-order valence-corrected chi connectivity index (χ3v) is 4.63. The van der Waals surface area contributed by atoms with Crippen molar-refractivity contribution in [2.24, 2.45) is 0 Å². The number of hydrogen-bond donors (Lipinski definition) is 0. The molecule has 0 aliphatic carbocycles. The second-order valence-corrected chi connectivity index (χ2v) is 5.92. The van der Waals surface area contributed by atoms with Crippen LogP contribution in [0, 0.1) is 0 Å². The van der Waals surface area contributed by atoms with Gasteiger partial charge in [-0.3, -0.25) is 4.79 Å². The number of pyridine rings is 2. The van der Waals surface area contributed by atoms with Gasteiger partial charge in [0.15, 0.2) is 0 Å². The van der Waals surface area contributed by atoms with E-state index in [0.717, 1.165) is 45.4 Å². The number of para-hydroxylation sites is 1. The van der Waals surface area contributed by atoms with Crippen molar-refractivity contribution in [2.75, 3.05) is 6.61 Å². The van der Waals surface area contributed by atoms with Crippen LogP contribution in [0.4, 0.5) is 0 Å². The minimum atomic E-state index is 0.0780. The Kier molecular flexibility index (Phi) is 2.35. The Hall–Kier alpha value is -2.46. The normalized spacial score (nSPS) is 15.5. The molecular weight excluding hydrogens is 276 g/mol.